The molecule has 0 radical (unpaired) electrons. The van der Waals surface area contributed by atoms with E-state index in [2.05, 4.69) is 15.0 Å². The molecule has 4 rings (SSSR count). The molecule has 2 fully saturated rings. The minimum absolute atomic E-state index is 0.0447. The highest BCUT2D eigenvalue weighted by Gasteiger charge is 2.59. The number of nitrogens with one attached hydrogen (secondary N) is 2. The molecule has 4 atom stereocenters. The second-order valence-electron chi connectivity index (χ2n) is 12.6. The third kappa shape index (κ3) is 7.07. The van der Waals surface area contributed by atoms with Gasteiger partial charge in [-0.2, -0.15) is 13.2 Å². The van der Waals surface area contributed by atoms with Crippen LogP contribution in [0.15, 0.2) is 42.5 Å². The smallest absolute Gasteiger partial charge is 0.364 e. The fourth-order valence-electron chi connectivity index (χ4n) is 6.55. The van der Waals surface area contributed by atoms with Gasteiger partial charge in [0.1, 0.15) is 11.9 Å². The molecule has 1 saturated heterocycles. The molecule has 12 heteroatoms. The Morgan fingerprint density at radius 1 is 1.00 bits per heavy atom. The Morgan fingerprint density at radius 2 is 1.62 bits per heavy atom. The second-order valence-corrected chi connectivity index (χ2v) is 14.3. The van der Waals surface area contributed by atoms with Crippen LogP contribution in [0, 0.1) is 24.2 Å². The predicted octanol–water partition coefficient (Wildman–Crippen LogP) is 5.46. The van der Waals surface area contributed by atoms with Crippen molar-refractivity contribution in [2.75, 3.05) is 11.6 Å². The van der Waals surface area contributed by atoms with Gasteiger partial charge in [0.05, 0.1) is 23.9 Å². The number of aromatic nitrogens is 1. The third-order valence-electron chi connectivity index (χ3n) is 8.17. The van der Waals surface area contributed by atoms with Gasteiger partial charge >= 0.3 is 6.18 Å². The number of hydrogen-bond acceptors (Lipinski definition) is 6. The van der Waals surface area contributed by atoms with Crippen LogP contribution in [0.5, 0.6) is 0 Å². The van der Waals surface area contributed by atoms with Crippen LogP contribution in [0.25, 0.3) is 0 Å². The molecule has 2 aliphatic rings. The van der Waals surface area contributed by atoms with Crippen LogP contribution in [0.4, 0.5) is 19.0 Å². The van der Waals surface area contributed by atoms with Crippen LogP contribution in [0.1, 0.15) is 75.7 Å². The fraction of sp³-hybridized carbons (Fsp3) is 0.567. The quantitative estimate of drug-likeness (QED) is 0.451. The van der Waals surface area contributed by atoms with Crippen LogP contribution in [-0.2, 0) is 25.8 Å². The van der Waals surface area contributed by atoms with Gasteiger partial charge in [-0.05, 0) is 42.9 Å². The number of pyridine rings is 1. The number of rotatable bonds is 6. The zero-order chi connectivity index (χ0) is 31.0. The van der Waals surface area contributed by atoms with E-state index >= 15 is 0 Å². The number of aryl methyl sites for hydroxylation is 1. The Balaban J connectivity index is 1.94. The second kappa shape index (κ2) is 11.9. The molecule has 2 aromatic rings. The van der Waals surface area contributed by atoms with Crippen molar-refractivity contribution in [2.45, 2.75) is 84.1 Å². The maximum atomic E-state index is 14.4. The predicted molar refractivity (Wildman–Crippen MR) is 154 cm³/mol. The lowest BCUT2D eigenvalue weighted by Crippen LogP contribution is -2.53. The molecular formula is C30H39F3N4O4S. The summed E-state index contributed by atoms with van der Waals surface area (Å²) in [7, 11) is -3.99. The highest BCUT2D eigenvalue weighted by Crippen LogP contribution is 2.50. The van der Waals surface area contributed by atoms with Crippen molar-refractivity contribution >= 4 is 27.7 Å². The van der Waals surface area contributed by atoms with Crippen molar-refractivity contribution in [3.63, 3.8) is 0 Å². The van der Waals surface area contributed by atoms with Gasteiger partial charge < -0.3 is 10.2 Å². The van der Waals surface area contributed by atoms with Crippen LogP contribution in [0.2, 0.25) is 0 Å². The topological polar surface area (TPSA) is 108 Å². The first-order chi connectivity index (χ1) is 19.5. The van der Waals surface area contributed by atoms with Crippen LogP contribution in [0.3, 0.4) is 0 Å². The summed E-state index contributed by atoms with van der Waals surface area (Å²) in [5.41, 5.74) is -0.759. The van der Waals surface area contributed by atoms with Gasteiger partial charge in [0.15, 0.2) is 0 Å². The number of carbonyl (C=O) groups is 2. The summed E-state index contributed by atoms with van der Waals surface area (Å²) in [4.78, 5) is 34.1. The van der Waals surface area contributed by atoms with Crippen molar-refractivity contribution in [3.8, 4) is 0 Å². The molecule has 230 valence electrons. The first kappa shape index (κ1) is 31.8. The Hall–Kier alpha value is -3.15. The third-order valence-corrected chi connectivity index (χ3v) is 8.74. The van der Waals surface area contributed by atoms with Gasteiger partial charge in [-0.25, -0.2) is 13.4 Å². The first-order valence-corrected chi connectivity index (χ1v) is 16.1. The van der Waals surface area contributed by atoms with E-state index in [1.165, 1.54) is 11.8 Å². The van der Waals surface area contributed by atoms with E-state index in [9.17, 15) is 31.2 Å². The SMILES string of the molecule is Cc1cc(C(F)(F)F)cc(N[C@@H]2[C@@H](C(C)(C)C)[C@H](C(=O)NS(C)(=O)=O)N(C(=O)C3CCCCC3)[C@@H]2c2ccccc2)n1. The Kier molecular flexibility index (Phi) is 8.97. The number of halogens is 3. The van der Waals surface area contributed by atoms with E-state index in [0.29, 0.717) is 18.4 Å². The molecule has 0 spiro atoms. The summed E-state index contributed by atoms with van der Waals surface area (Å²) in [6.45, 7) is 7.07. The van der Waals surface area contributed by atoms with Crippen LogP contribution in [-0.4, -0.2) is 48.5 Å². The molecule has 2 N–H and O–H groups in total. The van der Waals surface area contributed by atoms with Crippen LogP contribution < -0.4 is 10.0 Å². The summed E-state index contributed by atoms with van der Waals surface area (Å²) in [6.07, 6.45) is 0.269. The van der Waals surface area contributed by atoms with Gasteiger partial charge in [-0.3, -0.25) is 14.3 Å². The van der Waals surface area contributed by atoms with E-state index < -0.39 is 57.1 Å². The Morgan fingerprint density at radius 3 is 2.17 bits per heavy atom. The highest BCUT2D eigenvalue weighted by atomic mass is 32.2. The Bertz CT molecular complexity index is 1400. The molecule has 2 heterocycles. The number of anilines is 1. The largest absolute Gasteiger partial charge is 0.416 e. The molecule has 1 aliphatic carbocycles. The van der Waals surface area contributed by atoms with E-state index in [1.807, 2.05) is 32.9 Å². The number of sulfonamides is 1. The minimum atomic E-state index is -4.61. The van der Waals surface area contributed by atoms with Crippen molar-refractivity contribution in [2.24, 2.45) is 17.3 Å². The minimum Gasteiger partial charge on any atom is -0.364 e. The average Bonchev–Trinajstić information content (AvgIpc) is 3.23. The normalized spacial score (nSPS) is 24.0. The molecule has 1 aromatic heterocycles. The molecule has 2 amide bonds. The van der Waals surface area contributed by atoms with Gasteiger partial charge in [0, 0.05) is 17.5 Å². The van der Waals surface area contributed by atoms with Gasteiger partial charge in [0.2, 0.25) is 15.9 Å². The maximum absolute atomic E-state index is 14.4. The summed E-state index contributed by atoms with van der Waals surface area (Å²) in [5, 5.41) is 3.20. The number of alkyl halides is 3. The fourth-order valence-corrected chi connectivity index (χ4v) is 7.04. The number of benzene rings is 1. The summed E-state index contributed by atoms with van der Waals surface area (Å²) < 4.78 is 67.9. The zero-order valence-corrected chi connectivity index (χ0v) is 25.3. The van der Waals surface area contributed by atoms with E-state index in [1.54, 1.807) is 18.2 Å². The summed E-state index contributed by atoms with van der Waals surface area (Å²) in [6, 6.07) is 8.08. The molecule has 1 aliphatic heterocycles. The van der Waals surface area contributed by atoms with Gasteiger partial charge in [-0.15, -0.1) is 0 Å². The molecule has 8 nitrogen and oxygen atoms in total. The lowest BCUT2D eigenvalue weighted by molar-refractivity contribution is -0.145. The summed E-state index contributed by atoms with van der Waals surface area (Å²) >= 11 is 0. The highest BCUT2D eigenvalue weighted by molar-refractivity contribution is 7.89. The van der Waals surface area contributed by atoms with E-state index in [0.717, 1.165) is 37.7 Å². The van der Waals surface area contributed by atoms with E-state index in [-0.39, 0.29) is 23.3 Å². The van der Waals surface area contributed by atoms with Crippen molar-refractivity contribution in [1.82, 2.24) is 14.6 Å². The average molecular weight is 609 g/mol. The standard InChI is InChI=1S/C30H39F3N4O4S/c1-18-16-21(30(31,32)33)17-22(34-18)35-24-23(29(2,3)4)26(27(38)36-42(5,40)41)37(25(24)19-12-8-6-9-13-19)28(39)20-14-10-7-11-15-20/h6,8-9,12-13,16-17,20,23-26H,7,10-11,14-15H2,1-5H3,(H,34,35)(H,36,38)/t23-,24-,25-,26-/m1/s1. The molecule has 0 bridgehead atoms. The molecule has 42 heavy (non-hydrogen) atoms. The number of amides is 2. The summed E-state index contributed by atoms with van der Waals surface area (Å²) in [5.74, 6) is -2.22. The van der Waals surface area contributed by atoms with Gasteiger partial charge in [0.25, 0.3) is 5.91 Å². The zero-order valence-electron chi connectivity index (χ0n) is 24.5. The lowest BCUT2D eigenvalue weighted by atomic mass is 9.72. The molecular weight excluding hydrogens is 569 g/mol. The molecule has 1 aromatic carbocycles. The van der Waals surface area contributed by atoms with E-state index in [4.69, 9.17) is 0 Å². The maximum Gasteiger partial charge on any atom is 0.416 e. The van der Waals surface area contributed by atoms with Crippen molar-refractivity contribution < 1.29 is 31.2 Å². The number of carbonyl (C=O) groups excluding carboxylic acids is 2. The number of hydrogen-bond donors (Lipinski definition) is 2. The Labute approximate surface area is 245 Å². The first-order valence-electron chi connectivity index (χ1n) is 14.2. The van der Waals surface area contributed by atoms with Crippen LogP contribution >= 0.6 is 0 Å². The lowest BCUT2D eigenvalue weighted by Gasteiger charge is -2.37. The monoisotopic (exact) mass is 608 g/mol. The number of nitrogens with zero attached hydrogens (tertiary/aromatic N) is 2. The molecule has 0 unspecified atom stereocenters. The van der Waals surface area contributed by atoms with Crippen molar-refractivity contribution in [3.05, 3.63) is 59.3 Å². The molecule has 1 saturated carbocycles. The van der Waals surface area contributed by atoms with Crippen molar-refractivity contribution in [1.29, 1.82) is 0 Å². The number of likely N-dealkylation sites (tertiary alicyclic amines) is 1. The van der Waals surface area contributed by atoms with Gasteiger partial charge in [-0.1, -0.05) is 70.4 Å².